The lowest BCUT2D eigenvalue weighted by molar-refractivity contribution is -0.696. The van der Waals surface area contributed by atoms with Gasteiger partial charge in [-0.05, 0) is 17.9 Å². The predicted octanol–water partition coefficient (Wildman–Crippen LogP) is 1.10. The molecule has 0 saturated carbocycles. The van der Waals surface area contributed by atoms with E-state index < -0.39 is 0 Å². The molecule has 2 rings (SSSR count). The molecule has 98 valence electrons. The van der Waals surface area contributed by atoms with Crippen LogP contribution in [0.3, 0.4) is 0 Å². The van der Waals surface area contributed by atoms with E-state index in [2.05, 4.69) is 54.2 Å². The van der Waals surface area contributed by atoms with Crippen LogP contribution < -0.4 is 28.5 Å². The largest absolute Gasteiger partial charge is 1.00 e. The molecule has 0 aliphatic rings. The molecular formula is C16H22IN. The van der Waals surface area contributed by atoms with Crippen molar-refractivity contribution in [2.45, 2.75) is 45.6 Å². The van der Waals surface area contributed by atoms with Crippen molar-refractivity contribution in [2.75, 3.05) is 0 Å². The highest BCUT2D eigenvalue weighted by atomic mass is 127. The number of aryl methyl sites for hydroxylation is 1. The van der Waals surface area contributed by atoms with Crippen LogP contribution in [0.1, 0.15) is 39.0 Å². The summed E-state index contributed by atoms with van der Waals surface area (Å²) in [6, 6.07) is 10.8. The van der Waals surface area contributed by atoms with E-state index in [1.165, 1.54) is 42.9 Å². The molecule has 0 radical (unpaired) electrons. The molecule has 0 unspecified atom stereocenters. The maximum absolute atomic E-state index is 2.31. The Balaban J connectivity index is 0.00000162. The van der Waals surface area contributed by atoms with E-state index in [0.717, 1.165) is 6.54 Å². The Hall–Kier alpha value is -0.640. The molecule has 0 fully saturated rings. The molecule has 0 atom stereocenters. The summed E-state index contributed by atoms with van der Waals surface area (Å²) in [6.45, 7) is 3.41. The van der Waals surface area contributed by atoms with Gasteiger partial charge in [0.05, 0.1) is 0 Å². The molecule has 0 saturated heterocycles. The summed E-state index contributed by atoms with van der Waals surface area (Å²) in [6.07, 6.45) is 11.2. The zero-order chi connectivity index (χ0) is 11.9. The summed E-state index contributed by atoms with van der Waals surface area (Å²) in [7, 11) is 0. The van der Waals surface area contributed by atoms with Crippen LogP contribution in [0.15, 0.2) is 42.7 Å². The van der Waals surface area contributed by atoms with Crippen LogP contribution >= 0.6 is 0 Å². The summed E-state index contributed by atoms with van der Waals surface area (Å²) < 4.78 is 2.31. The Bertz CT molecular complexity index is 467. The Kier molecular flexibility index (Phi) is 7.25. The fraction of sp³-hybridized carbons (Fsp3) is 0.438. The molecule has 1 aromatic carbocycles. The Morgan fingerprint density at radius 2 is 1.61 bits per heavy atom. The smallest absolute Gasteiger partial charge is 0.176 e. The molecule has 0 bridgehead atoms. The van der Waals surface area contributed by atoms with E-state index in [0.29, 0.717) is 0 Å². The summed E-state index contributed by atoms with van der Waals surface area (Å²) in [5, 5.41) is 2.67. The maximum Gasteiger partial charge on any atom is 0.176 e. The summed E-state index contributed by atoms with van der Waals surface area (Å²) in [5.41, 5.74) is 0. The number of aromatic nitrogens is 1. The summed E-state index contributed by atoms with van der Waals surface area (Å²) in [4.78, 5) is 0. The van der Waals surface area contributed by atoms with Crippen molar-refractivity contribution in [3.05, 3.63) is 42.7 Å². The molecule has 0 aliphatic heterocycles. The average molecular weight is 355 g/mol. The lowest BCUT2D eigenvalue weighted by Gasteiger charge is -1.99. The van der Waals surface area contributed by atoms with Crippen molar-refractivity contribution < 1.29 is 28.5 Å². The van der Waals surface area contributed by atoms with Crippen LogP contribution in [-0.4, -0.2) is 0 Å². The zero-order valence-electron chi connectivity index (χ0n) is 11.1. The first-order chi connectivity index (χ1) is 8.40. The lowest BCUT2D eigenvalue weighted by atomic mass is 10.1. The molecule has 1 nitrogen and oxygen atoms in total. The minimum atomic E-state index is 0. The number of hydrogen-bond donors (Lipinski definition) is 0. The van der Waals surface area contributed by atoms with Gasteiger partial charge in [-0.2, -0.15) is 0 Å². The first kappa shape index (κ1) is 15.4. The van der Waals surface area contributed by atoms with Gasteiger partial charge in [-0.1, -0.05) is 44.4 Å². The summed E-state index contributed by atoms with van der Waals surface area (Å²) >= 11 is 0. The van der Waals surface area contributed by atoms with Crippen molar-refractivity contribution >= 4 is 10.8 Å². The first-order valence-electron chi connectivity index (χ1n) is 6.78. The van der Waals surface area contributed by atoms with Crippen LogP contribution in [0.25, 0.3) is 10.8 Å². The van der Waals surface area contributed by atoms with Crippen LogP contribution in [0.5, 0.6) is 0 Å². The number of fused-ring (bicyclic) bond motifs is 1. The monoisotopic (exact) mass is 355 g/mol. The number of unbranched alkanes of at least 4 members (excludes halogenated alkanes) is 4. The molecule has 1 aromatic heterocycles. The van der Waals surface area contributed by atoms with Gasteiger partial charge in [0.2, 0.25) is 0 Å². The van der Waals surface area contributed by atoms with Crippen molar-refractivity contribution in [2.24, 2.45) is 0 Å². The third-order valence-electron chi connectivity index (χ3n) is 3.27. The molecule has 2 heteroatoms. The molecule has 0 N–H and O–H groups in total. The topological polar surface area (TPSA) is 3.88 Å². The molecule has 0 spiro atoms. The van der Waals surface area contributed by atoms with Gasteiger partial charge in [0.1, 0.15) is 6.54 Å². The van der Waals surface area contributed by atoms with Gasteiger partial charge in [-0.3, -0.25) is 0 Å². The number of hydrogen-bond acceptors (Lipinski definition) is 0. The van der Waals surface area contributed by atoms with Gasteiger partial charge >= 0.3 is 0 Å². The fourth-order valence-corrected chi connectivity index (χ4v) is 2.21. The molecular weight excluding hydrogens is 333 g/mol. The Morgan fingerprint density at radius 1 is 0.889 bits per heavy atom. The number of halogens is 1. The number of rotatable bonds is 6. The van der Waals surface area contributed by atoms with Crippen LogP contribution in [-0.2, 0) is 6.54 Å². The molecule has 2 aromatic rings. The minimum Gasteiger partial charge on any atom is -1.00 e. The van der Waals surface area contributed by atoms with Gasteiger partial charge in [0, 0.05) is 17.9 Å². The lowest BCUT2D eigenvalue weighted by Crippen LogP contribution is -3.00. The van der Waals surface area contributed by atoms with E-state index in [-0.39, 0.29) is 24.0 Å². The van der Waals surface area contributed by atoms with Crippen molar-refractivity contribution in [3.8, 4) is 0 Å². The molecule has 0 aliphatic carbocycles. The Labute approximate surface area is 127 Å². The SMILES string of the molecule is CCCCCCC[n+]1ccc2ccccc2c1.[I-]. The molecule has 1 heterocycles. The standard InChI is InChI=1S/C16H22N.HI/c1-2-3-4-5-8-12-17-13-11-15-9-6-7-10-16(15)14-17;/h6-7,9-11,13-14H,2-5,8,12H2,1H3;1H/q+1;/p-1. The maximum atomic E-state index is 2.31. The van der Waals surface area contributed by atoms with Crippen molar-refractivity contribution in [1.29, 1.82) is 0 Å². The highest BCUT2D eigenvalue weighted by molar-refractivity contribution is 5.80. The second-order valence-corrected chi connectivity index (χ2v) is 4.73. The van der Waals surface area contributed by atoms with E-state index in [1.807, 2.05) is 0 Å². The van der Waals surface area contributed by atoms with Gasteiger partial charge in [0.15, 0.2) is 12.4 Å². The Morgan fingerprint density at radius 3 is 2.39 bits per heavy atom. The number of pyridine rings is 1. The van der Waals surface area contributed by atoms with Crippen molar-refractivity contribution in [1.82, 2.24) is 0 Å². The number of benzene rings is 1. The van der Waals surface area contributed by atoms with E-state index in [9.17, 15) is 0 Å². The highest BCUT2D eigenvalue weighted by Crippen LogP contribution is 2.10. The average Bonchev–Trinajstić information content (AvgIpc) is 2.38. The quantitative estimate of drug-likeness (QED) is 0.415. The molecule has 18 heavy (non-hydrogen) atoms. The highest BCUT2D eigenvalue weighted by Gasteiger charge is 2.01. The van der Waals surface area contributed by atoms with Gasteiger partial charge < -0.3 is 24.0 Å². The van der Waals surface area contributed by atoms with Crippen molar-refractivity contribution in [3.63, 3.8) is 0 Å². The van der Waals surface area contributed by atoms with Crippen LogP contribution in [0, 0.1) is 0 Å². The normalized spacial score (nSPS) is 10.3. The molecule has 0 amide bonds. The number of nitrogens with zero attached hydrogens (tertiary/aromatic N) is 1. The van der Waals surface area contributed by atoms with Gasteiger partial charge in [0.25, 0.3) is 0 Å². The van der Waals surface area contributed by atoms with E-state index in [1.54, 1.807) is 0 Å². The second kappa shape index (κ2) is 8.46. The third kappa shape index (κ3) is 4.56. The van der Waals surface area contributed by atoms with Gasteiger partial charge in [-0.25, -0.2) is 4.57 Å². The summed E-state index contributed by atoms with van der Waals surface area (Å²) in [5.74, 6) is 0. The first-order valence-corrected chi connectivity index (χ1v) is 6.78. The van der Waals surface area contributed by atoms with E-state index >= 15 is 0 Å². The third-order valence-corrected chi connectivity index (χ3v) is 3.27. The predicted molar refractivity (Wildman–Crippen MR) is 72.9 cm³/mol. The van der Waals surface area contributed by atoms with Gasteiger partial charge in [-0.15, -0.1) is 0 Å². The fourth-order valence-electron chi connectivity index (χ4n) is 2.21. The van der Waals surface area contributed by atoms with Crippen LogP contribution in [0.2, 0.25) is 0 Å². The van der Waals surface area contributed by atoms with Crippen LogP contribution in [0.4, 0.5) is 0 Å². The van der Waals surface area contributed by atoms with E-state index in [4.69, 9.17) is 0 Å². The zero-order valence-corrected chi connectivity index (χ0v) is 13.3. The second-order valence-electron chi connectivity index (χ2n) is 4.73. The minimum absolute atomic E-state index is 0.